The Morgan fingerprint density at radius 3 is 1.23 bits per heavy atom. The molecule has 440 valence electrons. The Bertz CT molecular complexity index is 3160. The number of aromatic nitrogens is 4. The number of carbonyl (C=O) groups is 4. The van der Waals surface area contributed by atoms with Crippen molar-refractivity contribution in [2.45, 2.75) is 155 Å². The minimum Gasteiger partial charge on any atom is -0.496 e. The topological polar surface area (TPSA) is 166 Å². The Hall–Kier alpha value is -7.06. The van der Waals surface area contributed by atoms with Crippen LogP contribution in [-0.2, 0) is 32.0 Å². The number of likely N-dealkylation sites (tertiary alicyclic amines) is 2. The SMILES string of the molecule is COC(=O)c1ccc([C@H]2CC3(CCN2Cc2c(OC)cc(C)c4c2ccn4C(=O)OC(C)(C)C)CC(F)(F)C3)cn1.COC(=O)c1ccc([C@H]2CC3(CCN2Cc2c(OC)cc(C)c4c2ccn4C(=O)OC(C)(C)C)CC(F)(F)C3)cn1. The molecule has 16 nitrogen and oxygen atoms in total. The van der Waals surface area contributed by atoms with Gasteiger partial charge in [0.05, 0.1) is 39.5 Å². The highest BCUT2D eigenvalue weighted by Crippen LogP contribution is 2.62. The molecule has 2 aromatic carbocycles. The number of ether oxygens (including phenoxy) is 6. The van der Waals surface area contributed by atoms with Gasteiger partial charge in [-0.3, -0.25) is 18.9 Å². The van der Waals surface area contributed by atoms with Gasteiger partial charge in [0.2, 0.25) is 11.8 Å². The zero-order valence-corrected chi connectivity index (χ0v) is 48.8. The largest absolute Gasteiger partial charge is 0.496 e. The van der Waals surface area contributed by atoms with Crippen LogP contribution in [0.4, 0.5) is 27.2 Å². The third-order valence-electron chi connectivity index (χ3n) is 16.5. The summed E-state index contributed by atoms with van der Waals surface area (Å²) in [6.45, 7) is 16.9. The molecule has 82 heavy (non-hydrogen) atoms. The fourth-order valence-corrected chi connectivity index (χ4v) is 12.9. The molecule has 2 saturated heterocycles. The van der Waals surface area contributed by atoms with E-state index in [9.17, 15) is 36.7 Å². The smallest absolute Gasteiger partial charge is 0.419 e. The van der Waals surface area contributed by atoms with E-state index in [-0.39, 0.29) is 49.2 Å². The van der Waals surface area contributed by atoms with E-state index in [0.29, 0.717) is 63.4 Å². The van der Waals surface area contributed by atoms with Crippen LogP contribution in [0, 0.1) is 24.7 Å². The Kier molecular flexibility index (Phi) is 16.2. The Balaban J connectivity index is 0.000000198. The first kappa shape index (κ1) is 59.6. The zero-order chi connectivity index (χ0) is 59.5. The van der Waals surface area contributed by atoms with Gasteiger partial charge < -0.3 is 28.4 Å². The van der Waals surface area contributed by atoms with Gasteiger partial charge in [-0.05, 0) is 164 Å². The number of methoxy groups -OCH3 is 4. The maximum absolute atomic E-state index is 14.1. The van der Waals surface area contributed by atoms with Crippen LogP contribution in [0.2, 0.25) is 0 Å². The Labute approximate surface area is 475 Å². The molecule has 2 spiro atoms. The molecule has 0 N–H and O–H groups in total. The summed E-state index contributed by atoms with van der Waals surface area (Å²) in [5.41, 5.74) is 4.91. The van der Waals surface area contributed by atoms with Crippen molar-refractivity contribution in [2.75, 3.05) is 41.5 Å². The van der Waals surface area contributed by atoms with Gasteiger partial charge in [0, 0.05) is 97.5 Å². The number of piperidine rings is 2. The van der Waals surface area contributed by atoms with Crippen LogP contribution < -0.4 is 9.47 Å². The van der Waals surface area contributed by atoms with Crippen LogP contribution in [0.5, 0.6) is 11.5 Å². The summed E-state index contributed by atoms with van der Waals surface area (Å²) in [7, 11) is 5.83. The highest BCUT2D eigenvalue weighted by atomic mass is 19.3. The molecule has 0 radical (unpaired) electrons. The number of hydrogen-bond donors (Lipinski definition) is 0. The number of esters is 2. The number of halogens is 4. The van der Waals surface area contributed by atoms with Crippen molar-refractivity contribution in [3.8, 4) is 11.5 Å². The van der Waals surface area contributed by atoms with Crippen molar-refractivity contribution in [3.63, 3.8) is 0 Å². The predicted octanol–water partition coefficient (Wildman–Crippen LogP) is 13.4. The van der Waals surface area contributed by atoms with E-state index < -0.39 is 58.0 Å². The van der Waals surface area contributed by atoms with E-state index in [2.05, 4.69) is 19.8 Å². The number of hydrogen-bond acceptors (Lipinski definition) is 14. The summed E-state index contributed by atoms with van der Waals surface area (Å²) in [4.78, 5) is 63.1. The van der Waals surface area contributed by atoms with Crippen LogP contribution in [0.1, 0.15) is 159 Å². The molecule has 6 heterocycles. The summed E-state index contributed by atoms with van der Waals surface area (Å²) in [5, 5.41) is 1.72. The van der Waals surface area contributed by atoms with Crippen LogP contribution in [0.15, 0.2) is 73.3 Å². The molecule has 2 saturated carbocycles. The molecule has 2 atom stereocenters. The number of nitrogens with zero attached hydrogens (tertiary/aromatic N) is 6. The second-order valence-electron chi connectivity index (χ2n) is 24.8. The molecular formula is C62H74F4N6O10. The van der Waals surface area contributed by atoms with Gasteiger partial charge in [-0.2, -0.15) is 0 Å². The van der Waals surface area contributed by atoms with Crippen molar-refractivity contribution in [1.82, 2.24) is 28.9 Å². The van der Waals surface area contributed by atoms with E-state index in [1.165, 1.54) is 23.4 Å². The first-order valence-electron chi connectivity index (χ1n) is 27.6. The van der Waals surface area contributed by atoms with E-state index in [0.717, 1.165) is 55.2 Å². The zero-order valence-electron chi connectivity index (χ0n) is 48.8. The summed E-state index contributed by atoms with van der Waals surface area (Å²) < 4.78 is 91.8. The molecule has 2 aliphatic heterocycles. The van der Waals surface area contributed by atoms with E-state index >= 15 is 0 Å². The Morgan fingerprint density at radius 2 is 0.939 bits per heavy atom. The minimum atomic E-state index is -2.63. The van der Waals surface area contributed by atoms with Crippen molar-refractivity contribution >= 4 is 45.9 Å². The van der Waals surface area contributed by atoms with Crippen molar-refractivity contribution in [2.24, 2.45) is 10.8 Å². The molecule has 0 bridgehead atoms. The molecule has 4 aliphatic rings. The number of carbonyl (C=O) groups excluding carboxylic acids is 4. The number of alkyl halides is 4. The Morgan fingerprint density at radius 1 is 0.573 bits per heavy atom. The molecular weight excluding hydrogens is 1060 g/mol. The normalized spacial score (nSPS) is 20.0. The lowest BCUT2D eigenvalue weighted by Crippen LogP contribution is -2.53. The fraction of sp³-hybridized carbons (Fsp3) is 0.516. The summed E-state index contributed by atoms with van der Waals surface area (Å²) >= 11 is 0. The molecule has 6 aromatic rings. The van der Waals surface area contributed by atoms with Crippen LogP contribution in [0.3, 0.4) is 0 Å². The van der Waals surface area contributed by atoms with Crippen molar-refractivity contribution in [3.05, 3.63) is 118 Å². The van der Waals surface area contributed by atoms with E-state index in [4.69, 9.17) is 28.4 Å². The highest BCUT2D eigenvalue weighted by Gasteiger charge is 2.59. The molecule has 0 unspecified atom stereocenters. The van der Waals surface area contributed by atoms with Crippen molar-refractivity contribution < 1.29 is 65.2 Å². The molecule has 4 fully saturated rings. The lowest BCUT2D eigenvalue weighted by molar-refractivity contribution is -0.186. The number of benzene rings is 2. The average molecular weight is 1140 g/mol. The molecule has 0 amide bonds. The van der Waals surface area contributed by atoms with E-state index in [1.807, 2.05) is 91.8 Å². The van der Waals surface area contributed by atoms with Crippen molar-refractivity contribution in [1.29, 1.82) is 0 Å². The average Bonchev–Trinajstić information content (AvgIpc) is 4.20. The monoisotopic (exact) mass is 1140 g/mol. The van der Waals surface area contributed by atoms with Gasteiger partial charge >= 0.3 is 24.1 Å². The minimum absolute atomic E-state index is 0.116. The van der Waals surface area contributed by atoms with Gasteiger partial charge in [-0.25, -0.2) is 46.7 Å². The quantitative estimate of drug-likeness (QED) is 0.0722. The van der Waals surface area contributed by atoms with Gasteiger partial charge in [0.15, 0.2) is 0 Å². The molecule has 20 heteroatoms. The maximum atomic E-state index is 14.1. The van der Waals surface area contributed by atoms with Gasteiger partial charge in [-0.15, -0.1) is 0 Å². The van der Waals surface area contributed by atoms with E-state index in [1.54, 1.807) is 51.1 Å². The summed E-state index contributed by atoms with van der Waals surface area (Å²) in [6, 6.07) is 14.1. The standard InChI is InChI=1S/2C31H37F2N3O5/c2*1-19-13-25(39-5)22(21-9-11-36(26(19)21)28(38)41-29(2,3)4)16-35-12-10-30(17-31(32,33)18-30)14-24(35)20-7-8-23(34-15-20)27(37)40-6/h2*7-9,11,13,15,24H,10,12,14,16-18H2,1-6H3/t2*24-/m11/s1. The third-order valence-corrected chi connectivity index (χ3v) is 16.5. The second-order valence-corrected chi connectivity index (χ2v) is 24.8. The number of pyridine rings is 2. The number of fused-ring (bicyclic) bond motifs is 2. The van der Waals surface area contributed by atoms with Crippen LogP contribution in [-0.4, -0.2) is 118 Å². The molecule has 10 rings (SSSR count). The molecule has 2 aliphatic carbocycles. The molecule has 4 aromatic heterocycles. The highest BCUT2D eigenvalue weighted by molar-refractivity contribution is 5.96. The fourth-order valence-electron chi connectivity index (χ4n) is 12.9. The lowest BCUT2D eigenvalue weighted by atomic mass is 9.59. The summed E-state index contributed by atoms with van der Waals surface area (Å²) in [5.74, 6) is -4.95. The van der Waals surface area contributed by atoms with Crippen LogP contribution >= 0.6 is 0 Å². The number of rotatable bonds is 10. The van der Waals surface area contributed by atoms with Gasteiger partial charge in [0.25, 0.3) is 0 Å². The van der Waals surface area contributed by atoms with Crippen LogP contribution in [0.25, 0.3) is 21.8 Å². The third kappa shape index (κ3) is 12.3. The first-order valence-corrected chi connectivity index (χ1v) is 27.6. The maximum Gasteiger partial charge on any atom is 0.419 e. The predicted molar refractivity (Wildman–Crippen MR) is 299 cm³/mol. The first-order chi connectivity index (χ1) is 38.5. The van der Waals surface area contributed by atoms with Gasteiger partial charge in [0.1, 0.15) is 34.1 Å². The van der Waals surface area contributed by atoms with Gasteiger partial charge in [-0.1, -0.05) is 12.1 Å². The number of aryl methyl sites for hydroxylation is 2. The second kappa shape index (κ2) is 22.3. The summed E-state index contributed by atoms with van der Waals surface area (Å²) in [6.07, 6.45) is 7.73. The lowest BCUT2D eigenvalue weighted by Gasteiger charge is -2.54.